The Balaban J connectivity index is 2.32. The summed E-state index contributed by atoms with van der Waals surface area (Å²) < 4.78 is 0. The summed E-state index contributed by atoms with van der Waals surface area (Å²) >= 11 is 0. The third kappa shape index (κ3) is 5.71. The Morgan fingerprint density at radius 2 is 2.10 bits per heavy atom. The fourth-order valence-corrected chi connectivity index (χ4v) is 3.36. The Morgan fingerprint density at radius 3 is 2.70 bits per heavy atom. The number of nitrogens with one attached hydrogen (secondary N) is 1. The maximum atomic E-state index is 9.74. The molecule has 0 bridgehead atoms. The van der Waals surface area contributed by atoms with Crippen molar-refractivity contribution in [3.05, 3.63) is 0 Å². The van der Waals surface area contributed by atoms with E-state index in [1.165, 1.54) is 45.3 Å². The summed E-state index contributed by atoms with van der Waals surface area (Å²) in [5, 5.41) is 13.3. The number of likely N-dealkylation sites (tertiary alicyclic amines) is 1. The van der Waals surface area contributed by atoms with E-state index in [9.17, 15) is 5.11 Å². The summed E-state index contributed by atoms with van der Waals surface area (Å²) in [6.07, 6.45) is 8.54. The minimum absolute atomic E-state index is 0.0457. The van der Waals surface area contributed by atoms with Gasteiger partial charge in [-0.2, -0.15) is 0 Å². The number of rotatable bonds is 10. The maximum Gasteiger partial charge on any atom is 0.0613 e. The van der Waals surface area contributed by atoms with Crippen LogP contribution < -0.4 is 5.32 Å². The molecule has 0 aliphatic carbocycles. The molecule has 1 aliphatic rings. The first-order chi connectivity index (χ1) is 9.69. The van der Waals surface area contributed by atoms with Crippen molar-refractivity contribution in [1.29, 1.82) is 0 Å². The van der Waals surface area contributed by atoms with Crippen LogP contribution in [0.5, 0.6) is 0 Å². The van der Waals surface area contributed by atoms with E-state index in [-0.39, 0.29) is 12.1 Å². The molecule has 0 amide bonds. The molecule has 2 unspecified atom stereocenters. The van der Waals surface area contributed by atoms with Crippen LogP contribution in [0, 0.1) is 5.92 Å². The van der Waals surface area contributed by atoms with Crippen molar-refractivity contribution in [1.82, 2.24) is 10.2 Å². The van der Waals surface area contributed by atoms with Crippen LogP contribution >= 0.6 is 0 Å². The number of nitrogens with zero attached hydrogens (tertiary/aromatic N) is 1. The van der Waals surface area contributed by atoms with E-state index >= 15 is 0 Å². The molecule has 1 saturated heterocycles. The van der Waals surface area contributed by atoms with Crippen LogP contribution in [0.4, 0.5) is 0 Å². The van der Waals surface area contributed by atoms with Crippen molar-refractivity contribution in [3.8, 4) is 0 Å². The first kappa shape index (κ1) is 17.9. The SMILES string of the molecule is CCCNC(CC)(CO)CCCN1CCCC(CC)C1. The van der Waals surface area contributed by atoms with Crippen LogP contribution in [0.1, 0.15) is 65.7 Å². The molecule has 0 aromatic heterocycles. The molecule has 1 rings (SSSR count). The van der Waals surface area contributed by atoms with Crippen LogP contribution in [0.2, 0.25) is 0 Å². The standard InChI is InChI=1S/C17H36N2O/c1-4-11-18-17(6-3,15-20)10-8-13-19-12-7-9-16(5-2)14-19/h16,18,20H,4-15H2,1-3H3. The second-order valence-corrected chi connectivity index (χ2v) is 6.54. The zero-order valence-electron chi connectivity index (χ0n) is 14.0. The highest BCUT2D eigenvalue weighted by molar-refractivity contribution is 4.86. The van der Waals surface area contributed by atoms with Gasteiger partial charge in [0.05, 0.1) is 6.61 Å². The van der Waals surface area contributed by atoms with Crippen LogP contribution in [0.15, 0.2) is 0 Å². The van der Waals surface area contributed by atoms with E-state index in [0.29, 0.717) is 0 Å². The normalized spacial score (nSPS) is 23.7. The van der Waals surface area contributed by atoms with E-state index in [0.717, 1.165) is 31.7 Å². The molecular weight excluding hydrogens is 248 g/mol. The summed E-state index contributed by atoms with van der Waals surface area (Å²) in [7, 11) is 0. The Morgan fingerprint density at radius 1 is 1.30 bits per heavy atom. The van der Waals surface area contributed by atoms with Gasteiger partial charge < -0.3 is 15.3 Å². The van der Waals surface area contributed by atoms with Crippen molar-refractivity contribution in [2.45, 2.75) is 71.3 Å². The Hall–Kier alpha value is -0.120. The highest BCUT2D eigenvalue weighted by Crippen LogP contribution is 2.21. The third-order valence-electron chi connectivity index (χ3n) is 5.04. The van der Waals surface area contributed by atoms with Gasteiger partial charge in [0.25, 0.3) is 0 Å². The van der Waals surface area contributed by atoms with Crippen LogP contribution in [0.25, 0.3) is 0 Å². The Kier molecular flexibility index (Phi) is 8.74. The lowest BCUT2D eigenvalue weighted by Gasteiger charge is -2.35. The van der Waals surface area contributed by atoms with Crippen LogP contribution in [0.3, 0.4) is 0 Å². The Labute approximate surface area is 126 Å². The second kappa shape index (κ2) is 9.75. The summed E-state index contributed by atoms with van der Waals surface area (Å²) in [6.45, 7) is 11.7. The topological polar surface area (TPSA) is 35.5 Å². The molecular formula is C17H36N2O. The average Bonchev–Trinajstić information content (AvgIpc) is 2.51. The van der Waals surface area contributed by atoms with E-state index in [1.54, 1.807) is 0 Å². The minimum atomic E-state index is -0.0457. The zero-order valence-corrected chi connectivity index (χ0v) is 14.0. The molecule has 2 atom stereocenters. The van der Waals surface area contributed by atoms with Crippen LogP contribution in [-0.4, -0.2) is 48.3 Å². The molecule has 0 radical (unpaired) electrons. The van der Waals surface area contributed by atoms with Gasteiger partial charge in [0.1, 0.15) is 0 Å². The second-order valence-electron chi connectivity index (χ2n) is 6.54. The first-order valence-corrected chi connectivity index (χ1v) is 8.78. The van der Waals surface area contributed by atoms with Gasteiger partial charge in [0.15, 0.2) is 0 Å². The zero-order chi connectivity index (χ0) is 14.8. The molecule has 2 N–H and O–H groups in total. The average molecular weight is 284 g/mol. The molecule has 1 aliphatic heterocycles. The molecule has 1 fully saturated rings. The predicted octanol–water partition coefficient (Wildman–Crippen LogP) is 3.03. The van der Waals surface area contributed by atoms with Gasteiger partial charge >= 0.3 is 0 Å². The fraction of sp³-hybridized carbons (Fsp3) is 1.00. The quantitative estimate of drug-likeness (QED) is 0.647. The van der Waals surface area contributed by atoms with Gasteiger partial charge in [-0.25, -0.2) is 0 Å². The highest BCUT2D eigenvalue weighted by Gasteiger charge is 2.26. The third-order valence-corrected chi connectivity index (χ3v) is 5.04. The van der Waals surface area contributed by atoms with Gasteiger partial charge in [-0.3, -0.25) is 0 Å². The highest BCUT2D eigenvalue weighted by atomic mass is 16.3. The van der Waals surface area contributed by atoms with Crippen molar-refractivity contribution >= 4 is 0 Å². The molecule has 3 heteroatoms. The molecule has 1 heterocycles. The molecule has 0 saturated carbocycles. The van der Waals surface area contributed by atoms with Gasteiger partial charge in [-0.15, -0.1) is 0 Å². The monoisotopic (exact) mass is 284 g/mol. The van der Waals surface area contributed by atoms with Crippen molar-refractivity contribution in [2.75, 3.05) is 32.8 Å². The minimum Gasteiger partial charge on any atom is -0.394 e. The van der Waals surface area contributed by atoms with E-state index in [4.69, 9.17) is 0 Å². The van der Waals surface area contributed by atoms with Crippen molar-refractivity contribution in [2.24, 2.45) is 5.92 Å². The van der Waals surface area contributed by atoms with Crippen molar-refractivity contribution < 1.29 is 5.11 Å². The largest absolute Gasteiger partial charge is 0.394 e. The Bertz CT molecular complexity index is 241. The van der Waals surface area contributed by atoms with Gasteiger partial charge in [-0.1, -0.05) is 27.2 Å². The first-order valence-electron chi connectivity index (χ1n) is 8.78. The fourth-order valence-electron chi connectivity index (χ4n) is 3.36. The summed E-state index contributed by atoms with van der Waals surface area (Å²) in [4.78, 5) is 2.63. The van der Waals surface area contributed by atoms with E-state index in [1.807, 2.05) is 0 Å². The lowest BCUT2D eigenvalue weighted by Crippen LogP contribution is -2.49. The molecule has 0 aromatic carbocycles. The number of aliphatic hydroxyl groups is 1. The van der Waals surface area contributed by atoms with Crippen molar-refractivity contribution in [3.63, 3.8) is 0 Å². The molecule has 0 aromatic rings. The van der Waals surface area contributed by atoms with Gasteiger partial charge in [-0.05, 0) is 64.1 Å². The summed E-state index contributed by atoms with van der Waals surface area (Å²) in [5.41, 5.74) is -0.0457. The lowest BCUT2D eigenvalue weighted by atomic mass is 9.90. The van der Waals surface area contributed by atoms with E-state index < -0.39 is 0 Å². The number of aliphatic hydroxyl groups excluding tert-OH is 1. The summed E-state index contributed by atoms with van der Waals surface area (Å²) in [6, 6.07) is 0. The molecule has 120 valence electrons. The predicted molar refractivity (Wildman–Crippen MR) is 87.1 cm³/mol. The van der Waals surface area contributed by atoms with Crippen LogP contribution in [-0.2, 0) is 0 Å². The van der Waals surface area contributed by atoms with Gasteiger partial charge in [0, 0.05) is 12.1 Å². The van der Waals surface area contributed by atoms with E-state index in [2.05, 4.69) is 31.0 Å². The maximum absolute atomic E-state index is 9.74. The van der Waals surface area contributed by atoms with Gasteiger partial charge in [0.2, 0.25) is 0 Å². The molecule has 0 spiro atoms. The number of hydrogen-bond acceptors (Lipinski definition) is 3. The lowest BCUT2D eigenvalue weighted by molar-refractivity contribution is 0.128. The number of hydrogen-bond donors (Lipinski definition) is 2. The molecule has 3 nitrogen and oxygen atoms in total. The smallest absolute Gasteiger partial charge is 0.0613 e. The summed E-state index contributed by atoms with van der Waals surface area (Å²) in [5.74, 6) is 0.913. The number of piperidine rings is 1. The molecule has 20 heavy (non-hydrogen) atoms.